The number of nitrogens with zero attached hydrogens (tertiary/aromatic N) is 4. The Morgan fingerprint density at radius 1 is 1.13 bits per heavy atom. The van der Waals surface area contributed by atoms with Crippen LogP contribution in [0.4, 0.5) is 10.8 Å². The van der Waals surface area contributed by atoms with Gasteiger partial charge in [0.25, 0.3) is 0 Å². The van der Waals surface area contributed by atoms with E-state index in [1.807, 2.05) is 53.8 Å². The zero-order valence-electron chi connectivity index (χ0n) is 17.5. The topological polar surface area (TPSA) is 76.8 Å². The highest BCUT2D eigenvalue weighted by Crippen LogP contribution is 2.29. The highest BCUT2D eigenvalue weighted by atomic mass is 32.1. The molecule has 158 valence electrons. The maximum atomic E-state index is 12.4. The van der Waals surface area contributed by atoms with E-state index in [4.69, 9.17) is 4.74 Å². The predicted octanol–water partition coefficient (Wildman–Crippen LogP) is 4.70. The third-order valence-electron chi connectivity index (χ3n) is 4.90. The van der Waals surface area contributed by atoms with E-state index in [0.29, 0.717) is 16.5 Å². The SMILES string of the molecule is CCc1ccc(N(C(C)=O)c2nc(COC(=O)c3cn4c(C)cccc4n3)cs2)cc1. The molecule has 0 saturated carbocycles. The summed E-state index contributed by atoms with van der Waals surface area (Å²) in [6, 6.07) is 13.5. The van der Waals surface area contributed by atoms with Gasteiger partial charge in [0.2, 0.25) is 5.91 Å². The number of ether oxygens (including phenoxy) is 1. The zero-order chi connectivity index (χ0) is 22.0. The number of benzene rings is 1. The first kappa shape index (κ1) is 20.7. The van der Waals surface area contributed by atoms with Crippen molar-refractivity contribution >= 4 is 39.7 Å². The smallest absolute Gasteiger partial charge is 0.358 e. The number of aryl methyl sites for hydroxylation is 2. The molecule has 0 saturated heterocycles. The Bertz CT molecular complexity index is 1240. The number of hydrogen-bond donors (Lipinski definition) is 0. The molecule has 0 spiro atoms. The van der Waals surface area contributed by atoms with E-state index in [-0.39, 0.29) is 18.2 Å². The van der Waals surface area contributed by atoms with E-state index in [2.05, 4.69) is 16.9 Å². The van der Waals surface area contributed by atoms with E-state index in [9.17, 15) is 9.59 Å². The van der Waals surface area contributed by atoms with Crippen molar-refractivity contribution in [3.63, 3.8) is 0 Å². The Balaban J connectivity index is 1.47. The molecular formula is C23H22N4O3S. The first-order valence-electron chi connectivity index (χ1n) is 9.92. The van der Waals surface area contributed by atoms with E-state index in [0.717, 1.165) is 17.8 Å². The van der Waals surface area contributed by atoms with Gasteiger partial charge in [0.1, 0.15) is 12.3 Å². The van der Waals surface area contributed by atoms with Crippen molar-refractivity contribution < 1.29 is 14.3 Å². The third-order valence-corrected chi connectivity index (χ3v) is 5.78. The minimum absolute atomic E-state index is 0.00268. The van der Waals surface area contributed by atoms with Crippen LogP contribution in [0.3, 0.4) is 0 Å². The number of amides is 1. The van der Waals surface area contributed by atoms with E-state index < -0.39 is 5.97 Å². The number of aromatic nitrogens is 3. The molecule has 4 rings (SSSR count). The van der Waals surface area contributed by atoms with Crippen molar-refractivity contribution in [2.75, 3.05) is 4.90 Å². The van der Waals surface area contributed by atoms with Crippen molar-refractivity contribution in [1.82, 2.24) is 14.4 Å². The van der Waals surface area contributed by atoms with Crippen molar-refractivity contribution in [3.8, 4) is 0 Å². The van der Waals surface area contributed by atoms with Gasteiger partial charge in [0.15, 0.2) is 10.8 Å². The van der Waals surface area contributed by atoms with Crippen LogP contribution in [0.5, 0.6) is 0 Å². The number of carbonyl (C=O) groups is 2. The molecule has 1 aromatic carbocycles. The average molecular weight is 435 g/mol. The molecule has 0 radical (unpaired) electrons. The summed E-state index contributed by atoms with van der Waals surface area (Å²) in [5, 5.41) is 2.32. The third kappa shape index (κ3) is 4.34. The lowest BCUT2D eigenvalue weighted by atomic mass is 10.1. The number of carbonyl (C=O) groups excluding carboxylic acids is 2. The molecule has 1 amide bonds. The maximum Gasteiger partial charge on any atom is 0.358 e. The molecule has 0 aliphatic heterocycles. The molecule has 0 unspecified atom stereocenters. The summed E-state index contributed by atoms with van der Waals surface area (Å²) < 4.78 is 7.24. The van der Waals surface area contributed by atoms with Crippen molar-refractivity contribution in [3.05, 3.63) is 76.7 Å². The summed E-state index contributed by atoms with van der Waals surface area (Å²) in [5.74, 6) is -0.654. The minimum Gasteiger partial charge on any atom is -0.454 e. The second-order valence-corrected chi connectivity index (χ2v) is 7.93. The van der Waals surface area contributed by atoms with Gasteiger partial charge in [-0.3, -0.25) is 9.69 Å². The number of esters is 1. The summed E-state index contributed by atoms with van der Waals surface area (Å²) in [6.07, 6.45) is 2.59. The Morgan fingerprint density at radius 2 is 1.90 bits per heavy atom. The predicted molar refractivity (Wildman–Crippen MR) is 120 cm³/mol. The van der Waals surface area contributed by atoms with Crippen LogP contribution in [0.1, 0.15) is 41.3 Å². The standard InChI is InChI=1S/C23H22N4O3S/c1-4-17-8-10-19(11-9-17)27(16(3)28)23-24-18(14-31-23)13-30-22(29)20-12-26-15(2)6-5-7-21(26)25-20/h5-12,14H,4,13H2,1-3H3. The molecule has 3 heterocycles. The number of fused-ring (bicyclic) bond motifs is 1. The van der Waals surface area contributed by atoms with Gasteiger partial charge in [-0.05, 0) is 43.2 Å². The average Bonchev–Trinajstić information content (AvgIpc) is 3.40. The summed E-state index contributed by atoms with van der Waals surface area (Å²) in [7, 11) is 0. The zero-order valence-corrected chi connectivity index (χ0v) is 18.3. The molecule has 3 aromatic heterocycles. The van der Waals surface area contributed by atoms with Crippen LogP contribution in [-0.2, 0) is 22.6 Å². The Hall–Kier alpha value is -3.52. The molecule has 0 aliphatic rings. The number of hydrogen-bond acceptors (Lipinski definition) is 6. The second-order valence-electron chi connectivity index (χ2n) is 7.09. The lowest BCUT2D eigenvalue weighted by molar-refractivity contribution is -0.115. The van der Waals surface area contributed by atoms with Crippen LogP contribution in [0, 0.1) is 6.92 Å². The van der Waals surface area contributed by atoms with Crippen molar-refractivity contribution in [2.24, 2.45) is 0 Å². The fraction of sp³-hybridized carbons (Fsp3) is 0.217. The molecule has 31 heavy (non-hydrogen) atoms. The van der Waals surface area contributed by atoms with Crippen LogP contribution in [0.25, 0.3) is 5.65 Å². The van der Waals surface area contributed by atoms with Gasteiger partial charge in [-0.1, -0.05) is 25.1 Å². The van der Waals surface area contributed by atoms with Gasteiger partial charge in [0, 0.05) is 24.2 Å². The van der Waals surface area contributed by atoms with Gasteiger partial charge < -0.3 is 9.14 Å². The number of thiazole rings is 1. The highest BCUT2D eigenvalue weighted by Gasteiger charge is 2.19. The fourth-order valence-corrected chi connectivity index (χ4v) is 4.10. The molecule has 0 bridgehead atoms. The van der Waals surface area contributed by atoms with Crippen LogP contribution in [0.15, 0.2) is 54.0 Å². The quantitative estimate of drug-likeness (QED) is 0.411. The van der Waals surface area contributed by atoms with Gasteiger partial charge in [-0.2, -0.15) is 0 Å². The largest absolute Gasteiger partial charge is 0.454 e. The molecule has 7 nitrogen and oxygen atoms in total. The van der Waals surface area contributed by atoms with E-state index in [1.165, 1.54) is 23.8 Å². The highest BCUT2D eigenvalue weighted by molar-refractivity contribution is 7.14. The first-order valence-corrected chi connectivity index (χ1v) is 10.8. The van der Waals surface area contributed by atoms with Crippen LogP contribution >= 0.6 is 11.3 Å². The molecular weight excluding hydrogens is 412 g/mol. The first-order chi connectivity index (χ1) is 15.0. The lowest BCUT2D eigenvalue weighted by Gasteiger charge is -2.18. The molecule has 0 atom stereocenters. The summed E-state index contributed by atoms with van der Waals surface area (Å²) in [6.45, 7) is 5.53. The molecule has 8 heteroatoms. The monoisotopic (exact) mass is 434 g/mol. The molecule has 0 N–H and O–H groups in total. The van der Waals surface area contributed by atoms with Crippen LogP contribution in [-0.4, -0.2) is 26.2 Å². The number of imidazole rings is 1. The molecule has 0 aliphatic carbocycles. The van der Waals surface area contributed by atoms with Gasteiger partial charge in [-0.25, -0.2) is 14.8 Å². The Morgan fingerprint density at radius 3 is 2.58 bits per heavy atom. The summed E-state index contributed by atoms with van der Waals surface area (Å²) in [4.78, 5) is 35.1. The van der Waals surface area contributed by atoms with Gasteiger partial charge in [0.05, 0.1) is 11.4 Å². The summed E-state index contributed by atoms with van der Waals surface area (Å²) in [5.41, 5.74) is 4.43. The van der Waals surface area contributed by atoms with Gasteiger partial charge in [-0.15, -0.1) is 11.3 Å². The van der Waals surface area contributed by atoms with Crippen LogP contribution in [0.2, 0.25) is 0 Å². The maximum absolute atomic E-state index is 12.4. The number of rotatable bonds is 6. The molecule has 4 aromatic rings. The molecule has 0 fully saturated rings. The normalized spacial score (nSPS) is 10.9. The Labute approximate surface area is 183 Å². The second kappa shape index (κ2) is 8.69. The van der Waals surface area contributed by atoms with E-state index in [1.54, 1.807) is 16.5 Å². The fourth-order valence-electron chi connectivity index (χ4n) is 3.23. The van der Waals surface area contributed by atoms with Crippen molar-refractivity contribution in [2.45, 2.75) is 33.8 Å². The Kier molecular flexibility index (Phi) is 5.81. The van der Waals surface area contributed by atoms with Gasteiger partial charge >= 0.3 is 5.97 Å². The number of pyridine rings is 1. The van der Waals surface area contributed by atoms with Crippen LogP contribution < -0.4 is 4.90 Å². The van der Waals surface area contributed by atoms with Crippen molar-refractivity contribution in [1.29, 1.82) is 0 Å². The lowest BCUT2D eigenvalue weighted by Crippen LogP contribution is -2.22. The minimum atomic E-state index is -0.517. The number of anilines is 2. The summed E-state index contributed by atoms with van der Waals surface area (Å²) >= 11 is 1.33. The van der Waals surface area contributed by atoms with E-state index >= 15 is 0 Å².